The molecule has 0 saturated carbocycles. The Morgan fingerprint density at radius 3 is 2.59 bits per heavy atom. The van der Waals surface area contributed by atoms with Crippen molar-refractivity contribution in [1.82, 2.24) is 10.3 Å². The third-order valence-electron chi connectivity index (χ3n) is 5.98. The number of hydrogen-bond donors (Lipinski definition) is 4. The van der Waals surface area contributed by atoms with Crippen molar-refractivity contribution in [1.29, 1.82) is 0 Å². The molecule has 9 heteroatoms. The van der Waals surface area contributed by atoms with Crippen molar-refractivity contribution in [3.05, 3.63) is 95.0 Å². The van der Waals surface area contributed by atoms with Crippen LogP contribution in [0.3, 0.4) is 0 Å². The third kappa shape index (κ3) is 5.15. The first-order chi connectivity index (χ1) is 17.9. The number of carboxylic acids is 1. The van der Waals surface area contributed by atoms with Gasteiger partial charge in [-0.15, -0.1) is 0 Å². The first-order valence-corrected chi connectivity index (χ1v) is 11.4. The van der Waals surface area contributed by atoms with Crippen LogP contribution >= 0.6 is 0 Å². The van der Waals surface area contributed by atoms with Crippen LogP contribution in [0.5, 0.6) is 11.5 Å². The topological polar surface area (TPSA) is 142 Å². The van der Waals surface area contributed by atoms with Crippen LogP contribution < -0.4 is 15.7 Å². The summed E-state index contributed by atoms with van der Waals surface area (Å²) in [5.41, 5.74) is 2.74. The van der Waals surface area contributed by atoms with Crippen LogP contribution in [0, 0.1) is 0 Å². The number of carbonyl (C=O) groups is 2. The minimum absolute atomic E-state index is 0.00786. The van der Waals surface area contributed by atoms with Gasteiger partial charge in [0.15, 0.2) is 6.61 Å². The summed E-state index contributed by atoms with van der Waals surface area (Å²) in [5, 5.41) is 23.2. The van der Waals surface area contributed by atoms with Gasteiger partial charge in [0, 0.05) is 41.0 Å². The van der Waals surface area contributed by atoms with Gasteiger partial charge in [-0.05, 0) is 47.0 Å². The van der Waals surface area contributed by atoms with E-state index in [2.05, 4.69) is 10.3 Å². The summed E-state index contributed by atoms with van der Waals surface area (Å²) in [6.07, 6.45) is 1.66. The van der Waals surface area contributed by atoms with E-state index in [-0.39, 0.29) is 17.9 Å². The fraction of sp³-hybridized carbons (Fsp3) is 0.107. The molecule has 37 heavy (non-hydrogen) atoms. The molecule has 0 radical (unpaired) electrons. The Kier molecular flexibility index (Phi) is 6.34. The number of carboxylic acid groups (broad SMARTS) is 1. The van der Waals surface area contributed by atoms with Crippen molar-refractivity contribution < 1.29 is 29.0 Å². The highest BCUT2D eigenvalue weighted by Gasteiger charge is 2.22. The molecule has 0 fully saturated rings. The fourth-order valence-corrected chi connectivity index (χ4v) is 4.23. The maximum absolute atomic E-state index is 12.5. The Morgan fingerprint density at radius 1 is 1.00 bits per heavy atom. The summed E-state index contributed by atoms with van der Waals surface area (Å²) in [5.74, 6) is -1.49. The number of nitrogens with one attached hydrogen (secondary N) is 2. The van der Waals surface area contributed by atoms with Gasteiger partial charge >= 0.3 is 11.6 Å². The quantitative estimate of drug-likeness (QED) is 0.238. The second kappa shape index (κ2) is 9.90. The van der Waals surface area contributed by atoms with Crippen molar-refractivity contribution in [2.75, 3.05) is 6.61 Å². The van der Waals surface area contributed by atoms with E-state index in [9.17, 15) is 24.6 Å². The zero-order chi connectivity index (χ0) is 25.9. The second-order valence-electron chi connectivity index (χ2n) is 8.50. The Labute approximate surface area is 209 Å². The van der Waals surface area contributed by atoms with Gasteiger partial charge in [-0.2, -0.15) is 0 Å². The number of H-pyrrole nitrogens is 1. The van der Waals surface area contributed by atoms with Gasteiger partial charge in [0.2, 0.25) is 0 Å². The largest absolute Gasteiger partial charge is 0.508 e. The van der Waals surface area contributed by atoms with Crippen molar-refractivity contribution in [2.45, 2.75) is 12.5 Å². The molecular formula is C28H22N2O7. The number of rotatable bonds is 8. The molecule has 3 aromatic carbocycles. The maximum Gasteiger partial charge on any atom is 0.336 e. The molecule has 0 saturated heterocycles. The highest BCUT2D eigenvalue weighted by molar-refractivity contribution is 5.94. The van der Waals surface area contributed by atoms with E-state index in [1.54, 1.807) is 24.4 Å². The Morgan fingerprint density at radius 2 is 1.81 bits per heavy atom. The van der Waals surface area contributed by atoms with Gasteiger partial charge in [-0.1, -0.05) is 30.3 Å². The number of benzene rings is 3. The van der Waals surface area contributed by atoms with Gasteiger partial charge in [-0.3, -0.25) is 4.79 Å². The van der Waals surface area contributed by atoms with E-state index in [0.29, 0.717) is 27.5 Å². The first-order valence-electron chi connectivity index (χ1n) is 11.4. The molecule has 0 spiro atoms. The average molecular weight is 498 g/mol. The zero-order valence-electron chi connectivity index (χ0n) is 19.4. The van der Waals surface area contributed by atoms with E-state index < -0.39 is 30.2 Å². The van der Waals surface area contributed by atoms with Crippen LogP contribution in [0.1, 0.15) is 5.56 Å². The molecule has 186 valence electrons. The van der Waals surface area contributed by atoms with Gasteiger partial charge in [0.25, 0.3) is 5.91 Å². The lowest BCUT2D eigenvalue weighted by atomic mass is 10.0. The summed E-state index contributed by atoms with van der Waals surface area (Å²) >= 11 is 0. The summed E-state index contributed by atoms with van der Waals surface area (Å²) in [7, 11) is 0. The normalized spacial score (nSPS) is 11.9. The smallest absolute Gasteiger partial charge is 0.336 e. The molecule has 1 amide bonds. The minimum Gasteiger partial charge on any atom is -0.508 e. The number of phenols is 1. The predicted octanol–water partition coefficient (Wildman–Crippen LogP) is 3.84. The van der Waals surface area contributed by atoms with Crippen molar-refractivity contribution >= 4 is 33.7 Å². The summed E-state index contributed by atoms with van der Waals surface area (Å²) in [4.78, 5) is 39.5. The van der Waals surface area contributed by atoms with E-state index in [1.165, 1.54) is 24.3 Å². The molecule has 0 unspecified atom stereocenters. The molecule has 1 atom stereocenters. The van der Waals surface area contributed by atoms with Crippen LogP contribution in [0.4, 0.5) is 0 Å². The molecular weight excluding hydrogens is 476 g/mol. The summed E-state index contributed by atoms with van der Waals surface area (Å²) in [6.45, 7) is -0.438. The average Bonchev–Trinajstić information content (AvgIpc) is 3.28. The Bertz CT molecular complexity index is 1670. The number of aliphatic carboxylic acids is 1. The number of fused-ring (bicyclic) bond motifs is 2. The maximum atomic E-state index is 12.5. The summed E-state index contributed by atoms with van der Waals surface area (Å²) < 4.78 is 10.9. The molecule has 5 aromatic rings. The number of carbonyl (C=O) groups excluding carboxylic acids is 1. The van der Waals surface area contributed by atoms with Crippen LogP contribution in [0.2, 0.25) is 0 Å². The van der Waals surface area contributed by atoms with Crippen molar-refractivity contribution in [3.8, 4) is 22.6 Å². The molecule has 2 aromatic heterocycles. The lowest BCUT2D eigenvalue weighted by Crippen LogP contribution is -2.44. The number of amides is 1. The molecule has 0 aliphatic rings. The zero-order valence-corrected chi connectivity index (χ0v) is 19.4. The predicted molar refractivity (Wildman–Crippen MR) is 137 cm³/mol. The van der Waals surface area contributed by atoms with Crippen molar-refractivity contribution in [2.24, 2.45) is 0 Å². The fourth-order valence-electron chi connectivity index (χ4n) is 4.23. The standard InChI is InChI=1S/C28H22N2O7/c31-18-6-9-23-22(11-18)17(14-29-23)10-24(28(34)35)30-26(32)15-36-19-7-8-20-21(16-4-2-1-3-5-16)13-27(33)37-25(20)12-19/h1-9,11-14,24,29,31H,10,15H2,(H,30,32)(H,34,35)/t24-/m1/s1. The van der Waals surface area contributed by atoms with Crippen LogP contribution in [-0.2, 0) is 16.0 Å². The molecule has 2 heterocycles. The molecule has 4 N–H and O–H groups in total. The Hall–Kier alpha value is -5.05. The lowest BCUT2D eigenvalue weighted by Gasteiger charge is -2.15. The van der Waals surface area contributed by atoms with Gasteiger partial charge in [-0.25, -0.2) is 9.59 Å². The molecule has 5 rings (SSSR count). The van der Waals surface area contributed by atoms with Crippen LogP contribution in [-0.4, -0.2) is 39.7 Å². The first kappa shape index (κ1) is 23.7. The second-order valence-corrected chi connectivity index (χ2v) is 8.50. The van der Waals surface area contributed by atoms with Crippen LogP contribution in [0.15, 0.2) is 88.2 Å². The van der Waals surface area contributed by atoms with E-state index in [1.807, 2.05) is 30.3 Å². The number of aromatic amines is 1. The number of aromatic hydroxyl groups is 1. The highest BCUT2D eigenvalue weighted by Crippen LogP contribution is 2.29. The van der Waals surface area contributed by atoms with Gasteiger partial charge < -0.3 is 29.7 Å². The molecule has 0 aliphatic carbocycles. The highest BCUT2D eigenvalue weighted by atomic mass is 16.5. The number of phenolic OH excluding ortho intramolecular Hbond substituents is 1. The Balaban J connectivity index is 1.29. The minimum atomic E-state index is -1.21. The SMILES string of the molecule is O=C(COc1ccc2c(-c3ccccc3)cc(=O)oc2c1)N[C@H](Cc1c[nH]c2ccc(O)cc12)C(=O)O. The van der Waals surface area contributed by atoms with E-state index in [0.717, 1.165) is 11.1 Å². The molecule has 9 nitrogen and oxygen atoms in total. The van der Waals surface area contributed by atoms with E-state index >= 15 is 0 Å². The molecule has 0 bridgehead atoms. The number of hydrogen-bond acceptors (Lipinski definition) is 6. The monoisotopic (exact) mass is 498 g/mol. The van der Waals surface area contributed by atoms with Gasteiger partial charge in [0.1, 0.15) is 23.1 Å². The number of ether oxygens (including phenoxy) is 1. The molecule has 0 aliphatic heterocycles. The van der Waals surface area contributed by atoms with Crippen molar-refractivity contribution in [3.63, 3.8) is 0 Å². The van der Waals surface area contributed by atoms with Crippen LogP contribution in [0.25, 0.3) is 33.0 Å². The third-order valence-corrected chi connectivity index (χ3v) is 5.98. The van der Waals surface area contributed by atoms with E-state index in [4.69, 9.17) is 9.15 Å². The van der Waals surface area contributed by atoms with Gasteiger partial charge in [0.05, 0.1) is 0 Å². The lowest BCUT2D eigenvalue weighted by molar-refractivity contribution is -0.142. The summed E-state index contributed by atoms with van der Waals surface area (Å²) in [6, 6.07) is 19.3. The number of aromatic nitrogens is 1.